The Hall–Kier alpha value is -0.740. The molecular weight excluding hydrogens is 474 g/mol. The maximum absolute atomic E-state index is 13.1. The van der Waals surface area contributed by atoms with E-state index in [1.165, 1.54) is 24.3 Å². The molecule has 0 N–H and O–H groups in total. The minimum Gasteiger partial charge on any atom is -0.743 e. The Bertz CT molecular complexity index is 808. The Morgan fingerprint density at radius 2 is 1.45 bits per heavy atom. The number of carbonyl (C=O) groups is 2. The predicted octanol–water partition coefficient (Wildman–Crippen LogP) is 3.90. The number of carbonyl (C=O) groups excluding carboxylic acids is 2. The summed E-state index contributed by atoms with van der Waals surface area (Å²) in [6.07, 6.45) is 8.65. The molecule has 1 heterocycles. The third kappa shape index (κ3) is 6.48. The van der Waals surface area contributed by atoms with E-state index < -0.39 is 21.3 Å². The van der Waals surface area contributed by atoms with E-state index in [0.29, 0.717) is 34.4 Å². The second-order valence-corrected chi connectivity index (χ2v) is 15.3. The highest BCUT2D eigenvalue weighted by molar-refractivity contribution is 7.97. The second kappa shape index (κ2) is 9.72. The molecule has 33 heavy (non-hydrogen) atoms. The summed E-state index contributed by atoms with van der Waals surface area (Å²) in [6, 6.07) is 0. The molecule has 0 atom stereocenters. The monoisotopic (exact) mass is 510 g/mol. The fraction of sp³-hybridized carbons (Fsp3) is 0.913. The summed E-state index contributed by atoms with van der Waals surface area (Å²) >= 11 is 0. The van der Waals surface area contributed by atoms with Gasteiger partial charge in [-0.3, -0.25) is 4.79 Å². The van der Waals surface area contributed by atoms with Gasteiger partial charge in [-0.05, 0) is 80.0 Å². The Morgan fingerprint density at radius 3 is 1.85 bits per heavy atom. The fourth-order valence-electron chi connectivity index (χ4n) is 6.13. The van der Waals surface area contributed by atoms with Crippen LogP contribution in [0.25, 0.3) is 0 Å². The number of rotatable bonds is 6. The summed E-state index contributed by atoms with van der Waals surface area (Å²) in [5.74, 6) is 3.34. The molecule has 4 aliphatic carbocycles. The van der Waals surface area contributed by atoms with E-state index >= 15 is 0 Å². The molecule has 10 heteroatoms. The van der Waals surface area contributed by atoms with E-state index in [-0.39, 0.29) is 17.4 Å². The van der Waals surface area contributed by atoms with Crippen LogP contribution in [0.15, 0.2) is 0 Å². The first-order valence-corrected chi connectivity index (χ1v) is 14.9. The van der Waals surface area contributed by atoms with Gasteiger partial charge >= 0.3 is 11.2 Å². The maximum atomic E-state index is 13.1. The van der Waals surface area contributed by atoms with Gasteiger partial charge in [-0.15, -0.1) is 0 Å². The molecule has 5 rings (SSSR count). The van der Waals surface area contributed by atoms with E-state index in [9.17, 15) is 31.3 Å². The minimum atomic E-state index is -6.04. The number of alkyl halides is 2. The Kier molecular flexibility index (Phi) is 7.91. The fourth-order valence-corrected chi connectivity index (χ4v) is 8.92. The molecule has 0 spiro atoms. The number of hydrogen-bond acceptors (Lipinski definition) is 6. The van der Waals surface area contributed by atoms with Gasteiger partial charge in [0, 0.05) is 10.8 Å². The molecule has 4 bridgehead atoms. The van der Waals surface area contributed by atoms with Gasteiger partial charge in [0.1, 0.15) is 11.5 Å². The number of hydrogen-bond donors (Lipinski definition) is 0. The first kappa shape index (κ1) is 26.9. The van der Waals surface area contributed by atoms with Crippen LogP contribution in [0.1, 0.15) is 72.1 Å². The molecule has 4 saturated carbocycles. The average Bonchev–Trinajstić information content (AvgIpc) is 3.17. The quantitative estimate of drug-likeness (QED) is 0.305. The van der Waals surface area contributed by atoms with Crippen molar-refractivity contribution in [1.82, 2.24) is 0 Å². The summed E-state index contributed by atoms with van der Waals surface area (Å²) in [5.41, 5.74) is -0.414. The molecule has 6 nitrogen and oxygen atoms in total. The van der Waals surface area contributed by atoms with Gasteiger partial charge in [-0.2, -0.15) is 8.78 Å². The van der Waals surface area contributed by atoms with Crippen molar-refractivity contribution in [1.29, 1.82) is 0 Å². The van der Waals surface area contributed by atoms with Crippen LogP contribution < -0.4 is 0 Å². The van der Waals surface area contributed by atoms with Crippen LogP contribution >= 0.6 is 0 Å². The van der Waals surface area contributed by atoms with Gasteiger partial charge in [0.15, 0.2) is 21.7 Å². The third-order valence-electron chi connectivity index (χ3n) is 7.51. The van der Waals surface area contributed by atoms with Crippen molar-refractivity contribution >= 4 is 32.8 Å². The summed E-state index contributed by atoms with van der Waals surface area (Å²) in [5, 5.41) is -5.00. The van der Waals surface area contributed by atoms with Gasteiger partial charge in [-0.1, -0.05) is 20.8 Å². The topological polar surface area (TPSA) is 101 Å². The van der Waals surface area contributed by atoms with Crippen LogP contribution in [0, 0.1) is 28.6 Å². The average molecular weight is 511 g/mol. The van der Waals surface area contributed by atoms with Gasteiger partial charge in [0.2, 0.25) is 0 Å². The Morgan fingerprint density at radius 1 is 1.00 bits per heavy atom. The molecule has 0 radical (unpaired) electrons. The molecule has 0 amide bonds. The number of halogens is 2. The highest BCUT2D eigenvalue weighted by Crippen LogP contribution is 2.60. The maximum Gasteiger partial charge on any atom is 0.428 e. The zero-order valence-corrected chi connectivity index (χ0v) is 21.4. The standard InChI is InChI=1S/C13H18F2O5S.C10H19OS/c14-13(15,21(17,18)19)11(16)20-7-12-4-8-1-9(5-12)3-10(2-8)6-12;1-10(2,3)9(11)8-12-6-4-5-7-12/h8-10H,1-7H2,(H,17,18,19);4-8H2,1-3H3/q;+1/p-1. The predicted molar refractivity (Wildman–Crippen MR) is 122 cm³/mol. The lowest BCUT2D eigenvalue weighted by atomic mass is 9.50. The lowest BCUT2D eigenvalue weighted by molar-refractivity contribution is -0.172. The smallest absolute Gasteiger partial charge is 0.428 e. The summed E-state index contributed by atoms with van der Waals surface area (Å²) in [6.45, 7) is 5.86. The van der Waals surface area contributed by atoms with E-state index in [4.69, 9.17) is 0 Å². The van der Waals surface area contributed by atoms with E-state index in [1.54, 1.807) is 0 Å². The lowest BCUT2D eigenvalue weighted by Crippen LogP contribution is -2.49. The van der Waals surface area contributed by atoms with Crippen molar-refractivity contribution in [2.24, 2.45) is 28.6 Å². The first-order valence-electron chi connectivity index (χ1n) is 11.8. The highest BCUT2D eigenvalue weighted by atomic mass is 32.2. The highest BCUT2D eigenvalue weighted by Gasteiger charge is 2.53. The summed E-state index contributed by atoms with van der Waals surface area (Å²) < 4.78 is 62.0. The number of Topliss-reactive ketones (excluding diaryl/α,β-unsaturated/α-hetero) is 1. The van der Waals surface area contributed by atoms with Crippen LogP contribution in [0.5, 0.6) is 0 Å². The second-order valence-electron chi connectivity index (χ2n) is 11.5. The molecule has 5 aliphatic rings. The molecule has 5 fully saturated rings. The zero-order valence-electron chi connectivity index (χ0n) is 19.7. The van der Waals surface area contributed by atoms with Crippen molar-refractivity contribution in [3.63, 3.8) is 0 Å². The molecular formula is C23H36F2O6S2. The molecule has 0 unspecified atom stereocenters. The third-order valence-corrected chi connectivity index (χ3v) is 10.7. The molecule has 1 saturated heterocycles. The molecule has 0 aromatic carbocycles. The van der Waals surface area contributed by atoms with Crippen LogP contribution in [-0.4, -0.2) is 53.8 Å². The van der Waals surface area contributed by atoms with Crippen molar-refractivity contribution in [2.75, 3.05) is 23.9 Å². The largest absolute Gasteiger partial charge is 0.743 e. The van der Waals surface area contributed by atoms with Crippen molar-refractivity contribution in [3.8, 4) is 0 Å². The molecule has 0 aromatic heterocycles. The first-order chi connectivity index (χ1) is 15.1. The zero-order chi connectivity index (χ0) is 24.7. The van der Waals surface area contributed by atoms with E-state index in [1.807, 2.05) is 20.8 Å². The van der Waals surface area contributed by atoms with Crippen LogP contribution in [0.3, 0.4) is 0 Å². The lowest BCUT2D eigenvalue weighted by Gasteiger charge is -2.56. The van der Waals surface area contributed by atoms with Gasteiger partial charge in [0.25, 0.3) is 0 Å². The Balaban J connectivity index is 0.000000218. The van der Waals surface area contributed by atoms with E-state index in [2.05, 4.69) is 4.74 Å². The number of ketones is 1. The van der Waals surface area contributed by atoms with Gasteiger partial charge < -0.3 is 9.29 Å². The summed E-state index contributed by atoms with van der Waals surface area (Å²) in [7, 11) is -5.59. The van der Waals surface area contributed by atoms with Crippen molar-refractivity contribution in [2.45, 2.75) is 77.4 Å². The molecule has 0 aromatic rings. The SMILES string of the molecule is CC(C)(C)C(=O)C[S+]1CCCC1.O=C(OCC12CC3CC(CC(C3)C1)C2)C(F)(F)S(=O)(=O)[O-]. The van der Waals surface area contributed by atoms with Gasteiger partial charge in [-0.25, -0.2) is 13.2 Å². The normalized spacial score (nSPS) is 31.8. The molecule has 1 aliphatic heterocycles. The number of esters is 1. The van der Waals surface area contributed by atoms with Gasteiger partial charge in [0.05, 0.1) is 6.61 Å². The minimum absolute atomic E-state index is 0.115. The summed E-state index contributed by atoms with van der Waals surface area (Å²) in [4.78, 5) is 22.9. The van der Waals surface area contributed by atoms with Crippen molar-refractivity contribution < 1.29 is 36.1 Å². The van der Waals surface area contributed by atoms with Crippen LogP contribution in [-0.2, 0) is 35.3 Å². The number of ether oxygens (including phenoxy) is 1. The Labute approximate surface area is 198 Å². The van der Waals surface area contributed by atoms with Crippen LogP contribution in [0.2, 0.25) is 0 Å². The molecule has 190 valence electrons. The van der Waals surface area contributed by atoms with Crippen LogP contribution in [0.4, 0.5) is 8.78 Å². The van der Waals surface area contributed by atoms with E-state index in [0.717, 1.165) is 44.3 Å². The van der Waals surface area contributed by atoms with Crippen molar-refractivity contribution in [3.05, 3.63) is 0 Å².